The summed E-state index contributed by atoms with van der Waals surface area (Å²) >= 11 is 6.01. The van der Waals surface area contributed by atoms with Gasteiger partial charge >= 0.3 is 0 Å². The van der Waals surface area contributed by atoms with E-state index in [1.54, 1.807) is 49.5 Å². The predicted molar refractivity (Wildman–Crippen MR) is 126 cm³/mol. The van der Waals surface area contributed by atoms with Crippen LogP contribution in [-0.4, -0.2) is 55.8 Å². The molecule has 0 aliphatic rings. The molecule has 2 aromatic carbocycles. The topological polar surface area (TPSA) is 106 Å². The van der Waals surface area contributed by atoms with Crippen molar-refractivity contribution in [3.05, 3.63) is 59.4 Å². The molecule has 0 saturated carbocycles. The number of hydrogen-bond donors (Lipinski definition) is 0. The molecular formula is C22H25ClN4O5S. The summed E-state index contributed by atoms with van der Waals surface area (Å²) in [5, 5.41) is 4.51. The van der Waals surface area contributed by atoms with Crippen molar-refractivity contribution < 1.29 is 22.5 Å². The highest BCUT2D eigenvalue weighted by molar-refractivity contribution is 7.92. The summed E-state index contributed by atoms with van der Waals surface area (Å²) in [6, 6.07) is 13.6. The molecule has 0 unspecified atom stereocenters. The summed E-state index contributed by atoms with van der Waals surface area (Å²) in [5.41, 5.74) is 1.21. The smallest absolute Gasteiger partial charge is 0.263 e. The van der Waals surface area contributed by atoms with E-state index in [4.69, 9.17) is 20.9 Å². The maximum atomic E-state index is 12.9. The minimum Gasteiger partial charge on any atom is -0.481 e. The molecule has 0 radical (unpaired) electrons. The van der Waals surface area contributed by atoms with Gasteiger partial charge < -0.3 is 14.2 Å². The van der Waals surface area contributed by atoms with Crippen molar-refractivity contribution in [3.63, 3.8) is 0 Å². The second-order valence-electron chi connectivity index (χ2n) is 7.46. The molecule has 176 valence electrons. The van der Waals surface area contributed by atoms with Gasteiger partial charge in [0.2, 0.25) is 21.7 Å². The Morgan fingerprint density at radius 3 is 2.48 bits per heavy atom. The molecule has 0 bridgehead atoms. The number of benzene rings is 2. The van der Waals surface area contributed by atoms with Crippen LogP contribution in [0.4, 0.5) is 5.69 Å². The lowest BCUT2D eigenvalue weighted by atomic mass is 10.2. The number of amides is 1. The molecule has 3 aromatic rings. The summed E-state index contributed by atoms with van der Waals surface area (Å²) in [6.07, 6.45) is 0.829. The fraction of sp³-hybridized carbons (Fsp3) is 0.318. The minimum atomic E-state index is -3.36. The Morgan fingerprint density at radius 2 is 1.88 bits per heavy atom. The number of carbonyl (C=O) groups is 1. The zero-order chi connectivity index (χ0) is 24.2. The Kier molecular flexibility index (Phi) is 7.60. The van der Waals surface area contributed by atoms with Crippen LogP contribution in [0, 0.1) is 0 Å². The predicted octanol–water partition coefficient (Wildman–Crippen LogP) is 3.60. The van der Waals surface area contributed by atoms with Gasteiger partial charge in [0.05, 0.1) is 18.5 Å². The van der Waals surface area contributed by atoms with Crippen LogP contribution in [0.15, 0.2) is 53.1 Å². The quantitative estimate of drug-likeness (QED) is 0.449. The number of rotatable bonds is 9. The lowest BCUT2D eigenvalue weighted by Crippen LogP contribution is -2.39. The molecule has 1 amide bonds. The van der Waals surface area contributed by atoms with E-state index in [0.717, 1.165) is 10.6 Å². The zero-order valence-corrected chi connectivity index (χ0v) is 20.3. The second kappa shape index (κ2) is 10.2. The van der Waals surface area contributed by atoms with Crippen molar-refractivity contribution in [2.24, 2.45) is 0 Å². The number of sulfonamides is 1. The largest absolute Gasteiger partial charge is 0.481 e. The Balaban J connectivity index is 1.64. The first kappa shape index (κ1) is 24.5. The molecule has 9 nitrogen and oxygen atoms in total. The van der Waals surface area contributed by atoms with Gasteiger partial charge in [-0.2, -0.15) is 4.98 Å². The maximum absolute atomic E-state index is 12.9. The third-order valence-electron chi connectivity index (χ3n) is 4.92. The van der Waals surface area contributed by atoms with Crippen LogP contribution in [0.1, 0.15) is 19.2 Å². The normalized spacial score (nSPS) is 12.3. The van der Waals surface area contributed by atoms with Gasteiger partial charge in [0.25, 0.3) is 5.91 Å². The third-order valence-corrected chi connectivity index (χ3v) is 6.36. The second-order valence-corrected chi connectivity index (χ2v) is 9.91. The molecule has 33 heavy (non-hydrogen) atoms. The van der Waals surface area contributed by atoms with E-state index in [1.807, 2.05) is 13.0 Å². The van der Waals surface area contributed by atoms with E-state index < -0.39 is 16.1 Å². The molecule has 3 rings (SSSR count). The van der Waals surface area contributed by atoms with Crippen LogP contribution < -0.4 is 9.04 Å². The number of nitrogens with zero attached hydrogens (tertiary/aromatic N) is 4. The molecule has 0 saturated heterocycles. The van der Waals surface area contributed by atoms with Crippen molar-refractivity contribution in [2.75, 3.05) is 24.7 Å². The van der Waals surface area contributed by atoms with Crippen molar-refractivity contribution in [1.82, 2.24) is 15.0 Å². The number of carbonyl (C=O) groups excluding carboxylic acids is 1. The van der Waals surface area contributed by atoms with Crippen molar-refractivity contribution >= 4 is 33.2 Å². The molecule has 0 N–H and O–H groups in total. The van der Waals surface area contributed by atoms with E-state index in [-0.39, 0.29) is 18.3 Å². The SMILES string of the molecule is CC[C@H](Oc1ccc(N(C)S(C)(=O)=O)cc1)C(=O)N(C)Cc1nc(-c2cccc(Cl)c2)no1. The van der Waals surface area contributed by atoms with Crippen LogP contribution in [0.5, 0.6) is 5.75 Å². The number of aromatic nitrogens is 2. The number of hydrogen-bond acceptors (Lipinski definition) is 7. The zero-order valence-electron chi connectivity index (χ0n) is 18.7. The molecule has 0 spiro atoms. The fourth-order valence-electron chi connectivity index (χ4n) is 2.99. The van der Waals surface area contributed by atoms with Crippen molar-refractivity contribution in [3.8, 4) is 17.1 Å². The Bertz CT molecular complexity index is 1210. The van der Waals surface area contributed by atoms with Gasteiger partial charge in [-0.3, -0.25) is 9.10 Å². The van der Waals surface area contributed by atoms with Crippen molar-refractivity contribution in [1.29, 1.82) is 0 Å². The molecule has 11 heteroatoms. The number of ether oxygens (including phenoxy) is 1. The lowest BCUT2D eigenvalue weighted by molar-refractivity contribution is -0.138. The molecule has 0 aliphatic carbocycles. The maximum Gasteiger partial charge on any atom is 0.263 e. The third kappa shape index (κ3) is 6.23. The van der Waals surface area contributed by atoms with Crippen LogP contribution in [0.25, 0.3) is 11.4 Å². The summed E-state index contributed by atoms with van der Waals surface area (Å²) in [7, 11) is -0.271. The summed E-state index contributed by atoms with van der Waals surface area (Å²) < 4.78 is 35.6. The highest BCUT2D eigenvalue weighted by atomic mass is 35.5. The first-order valence-corrected chi connectivity index (χ1v) is 12.3. The fourth-order valence-corrected chi connectivity index (χ4v) is 3.68. The summed E-state index contributed by atoms with van der Waals surface area (Å²) in [5.74, 6) is 0.868. The molecule has 0 fully saturated rings. The first-order chi connectivity index (χ1) is 15.6. The average molecular weight is 493 g/mol. The molecule has 1 heterocycles. The van der Waals surface area contributed by atoms with E-state index in [0.29, 0.717) is 34.3 Å². The van der Waals surface area contributed by atoms with E-state index >= 15 is 0 Å². The van der Waals surface area contributed by atoms with Crippen molar-refractivity contribution in [2.45, 2.75) is 26.0 Å². The Labute approximate surface area is 198 Å². The summed E-state index contributed by atoms with van der Waals surface area (Å²) in [6.45, 7) is 1.95. The van der Waals surface area contributed by atoms with Gasteiger partial charge in [0.15, 0.2) is 6.10 Å². The highest BCUT2D eigenvalue weighted by Gasteiger charge is 2.24. The number of likely N-dealkylation sites (N-methyl/N-ethyl adjacent to an activating group) is 1. The lowest BCUT2D eigenvalue weighted by Gasteiger charge is -2.23. The van der Waals surface area contributed by atoms with Gasteiger partial charge in [0, 0.05) is 24.7 Å². The average Bonchev–Trinajstić information content (AvgIpc) is 3.24. The standard InChI is InChI=1S/C22H25ClN4O5S/c1-5-19(31-18-11-9-17(10-12-18)27(3)33(4,29)30)22(28)26(2)14-20-24-21(25-32-20)15-7-6-8-16(23)13-15/h6-13,19H,5,14H2,1-4H3/t19-/m0/s1. The van der Waals surface area contributed by atoms with E-state index in [9.17, 15) is 13.2 Å². The van der Waals surface area contributed by atoms with Crippen LogP contribution in [-0.2, 0) is 21.4 Å². The molecular weight excluding hydrogens is 468 g/mol. The molecule has 0 aliphatic heterocycles. The highest BCUT2D eigenvalue weighted by Crippen LogP contribution is 2.23. The monoisotopic (exact) mass is 492 g/mol. The summed E-state index contributed by atoms with van der Waals surface area (Å²) in [4.78, 5) is 18.7. The van der Waals surface area contributed by atoms with Crippen LogP contribution in [0.2, 0.25) is 5.02 Å². The van der Waals surface area contributed by atoms with E-state index in [1.165, 1.54) is 11.9 Å². The van der Waals surface area contributed by atoms with Gasteiger partial charge in [-0.15, -0.1) is 0 Å². The molecule has 1 atom stereocenters. The Morgan fingerprint density at radius 1 is 1.18 bits per heavy atom. The number of anilines is 1. The Hall–Kier alpha value is -3.11. The molecule has 1 aromatic heterocycles. The van der Waals surface area contributed by atoms with Gasteiger partial charge in [-0.25, -0.2) is 8.42 Å². The van der Waals surface area contributed by atoms with Gasteiger partial charge in [-0.05, 0) is 42.8 Å². The van der Waals surface area contributed by atoms with Gasteiger partial charge in [0.1, 0.15) is 5.75 Å². The van der Waals surface area contributed by atoms with Crippen LogP contribution in [0.3, 0.4) is 0 Å². The van der Waals surface area contributed by atoms with E-state index in [2.05, 4.69) is 10.1 Å². The number of halogens is 1. The van der Waals surface area contributed by atoms with Crippen LogP contribution >= 0.6 is 11.6 Å². The first-order valence-electron chi connectivity index (χ1n) is 10.1. The minimum absolute atomic E-state index is 0.115. The van der Waals surface area contributed by atoms with Gasteiger partial charge in [-0.1, -0.05) is 35.8 Å².